The molecule has 0 aliphatic carbocycles. The fraction of sp³-hybridized carbons (Fsp3) is 0.208. The van der Waals surface area contributed by atoms with E-state index in [0.717, 1.165) is 11.1 Å². The first-order valence-electron chi connectivity index (χ1n) is 10.1. The zero-order valence-electron chi connectivity index (χ0n) is 17.8. The van der Waals surface area contributed by atoms with Crippen molar-refractivity contribution in [3.63, 3.8) is 0 Å². The maximum absolute atomic E-state index is 12.7. The highest BCUT2D eigenvalue weighted by atomic mass is 35.5. The van der Waals surface area contributed by atoms with Gasteiger partial charge in [0.1, 0.15) is 5.75 Å². The van der Waals surface area contributed by atoms with Crippen LogP contribution in [0.1, 0.15) is 37.1 Å². The van der Waals surface area contributed by atoms with Gasteiger partial charge in [-0.2, -0.15) is 0 Å². The second kappa shape index (κ2) is 10.6. The molecule has 3 aromatic rings. The summed E-state index contributed by atoms with van der Waals surface area (Å²) in [4.78, 5) is 12.2. The highest BCUT2D eigenvalue weighted by Crippen LogP contribution is 2.28. The van der Waals surface area contributed by atoms with Gasteiger partial charge in [0.05, 0.1) is 16.0 Å². The van der Waals surface area contributed by atoms with E-state index in [0.29, 0.717) is 0 Å². The van der Waals surface area contributed by atoms with E-state index in [-0.39, 0.29) is 34.2 Å². The van der Waals surface area contributed by atoms with Gasteiger partial charge in [0, 0.05) is 6.04 Å². The Hall–Kier alpha value is -2.87. The summed E-state index contributed by atoms with van der Waals surface area (Å²) in [6.07, 6.45) is 0. The van der Waals surface area contributed by atoms with Crippen molar-refractivity contribution in [1.82, 2.24) is 10.0 Å². The number of nitrogens with one attached hydrogen (secondary N) is 2. The normalized spacial score (nSPS) is 13.2. The average Bonchev–Trinajstić information content (AvgIpc) is 2.79. The summed E-state index contributed by atoms with van der Waals surface area (Å²) in [5, 5.41) is 2.95. The molecule has 0 radical (unpaired) electrons. The van der Waals surface area contributed by atoms with E-state index in [1.165, 1.54) is 18.2 Å². The van der Waals surface area contributed by atoms with Crippen LogP contribution < -0.4 is 14.8 Å². The maximum Gasteiger partial charge on any atom is 0.258 e. The Morgan fingerprint density at radius 2 is 1.47 bits per heavy atom. The molecule has 0 saturated heterocycles. The Kier molecular flexibility index (Phi) is 7.90. The number of ether oxygens (including phenoxy) is 1. The standard InChI is InChI=1S/C24H25ClN2O4S/c1-17(19-9-5-3-6-10-19)26-24(28)16-31-23-14-13-21(15-22(23)25)32(29,30)27-18(2)20-11-7-4-8-12-20/h3-15,17-18,27H,16H2,1-2H3,(H,26,28)/t17-,18-/m1/s1. The van der Waals surface area contributed by atoms with Gasteiger partial charge in [0.15, 0.2) is 6.61 Å². The summed E-state index contributed by atoms with van der Waals surface area (Å²) < 4.78 is 33.6. The topological polar surface area (TPSA) is 84.5 Å². The fourth-order valence-corrected chi connectivity index (χ4v) is 4.69. The number of carbonyl (C=O) groups is 1. The summed E-state index contributed by atoms with van der Waals surface area (Å²) in [5.74, 6) is -0.0864. The van der Waals surface area contributed by atoms with E-state index in [1.807, 2.05) is 67.6 Å². The minimum atomic E-state index is -3.79. The molecule has 0 bridgehead atoms. The molecule has 2 N–H and O–H groups in total. The van der Waals surface area contributed by atoms with Crippen LogP contribution in [0.4, 0.5) is 0 Å². The number of benzene rings is 3. The van der Waals surface area contributed by atoms with E-state index in [9.17, 15) is 13.2 Å². The third-order valence-electron chi connectivity index (χ3n) is 4.88. The molecule has 0 aromatic heterocycles. The molecule has 0 fully saturated rings. The second-order valence-electron chi connectivity index (χ2n) is 7.33. The molecular weight excluding hydrogens is 448 g/mol. The Morgan fingerprint density at radius 1 is 0.906 bits per heavy atom. The summed E-state index contributed by atoms with van der Waals surface area (Å²) in [6.45, 7) is 3.40. The molecule has 2 atom stereocenters. The number of amides is 1. The Labute approximate surface area is 193 Å². The van der Waals surface area contributed by atoms with Crippen LogP contribution in [0.2, 0.25) is 5.02 Å². The molecule has 0 aliphatic rings. The lowest BCUT2D eigenvalue weighted by molar-refractivity contribution is -0.123. The van der Waals surface area contributed by atoms with Crippen molar-refractivity contribution in [2.24, 2.45) is 0 Å². The average molecular weight is 473 g/mol. The number of sulfonamides is 1. The molecule has 6 nitrogen and oxygen atoms in total. The van der Waals surface area contributed by atoms with Crippen molar-refractivity contribution < 1.29 is 17.9 Å². The van der Waals surface area contributed by atoms with Gasteiger partial charge in [-0.25, -0.2) is 13.1 Å². The molecule has 3 rings (SSSR count). The van der Waals surface area contributed by atoms with Crippen LogP contribution in [-0.4, -0.2) is 20.9 Å². The lowest BCUT2D eigenvalue weighted by atomic mass is 10.1. The van der Waals surface area contributed by atoms with Gasteiger partial charge in [-0.05, 0) is 43.2 Å². The molecule has 1 amide bonds. The predicted molar refractivity (Wildman–Crippen MR) is 125 cm³/mol. The van der Waals surface area contributed by atoms with Crippen molar-refractivity contribution in [3.05, 3.63) is 95.0 Å². The number of carbonyl (C=O) groups excluding carboxylic acids is 1. The van der Waals surface area contributed by atoms with E-state index in [2.05, 4.69) is 10.0 Å². The van der Waals surface area contributed by atoms with Gasteiger partial charge in [0.2, 0.25) is 10.0 Å². The Bertz CT molecular complexity index is 1160. The van der Waals surface area contributed by atoms with Gasteiger partial charge in [-0.15, -0.1) is 0 Å². The number of halogens is 1. The Balaban J connectivity index is 1.60. The van der Waals surface area contributed by atoms with Crippen LogP contribution in [0.15, 0.2) is 83.8 Å². The van der Waals surface area contributed by atoms with Crippen LogP contribution >= 0.6 is 11.6 Å². The number of rotatable bonds is 9. The minimum absolute atomic E-state index is 0.0137. The van der Waals surface area contributed by atoms with E-state index < -0.39 is 16.1 Å². The van der Waals surface area contributed by atoms with Gasteiger partial charge >= 0.3 is 0 Å². The smallest absolute Gasteiger partial charge is 0.258 e. The van der Waals surface area contributed by atoms with Crippen LogP contribution in [-0.2, 0) is 14.8 Å². The van der Waals surface area contributed by atoms with Gasteiger partial charge in [-0.1, -0.05) is 72.3 Å². The second-order valence-corrected chi connectivity index (χ2v) is 9.46. The van der Waals surface area contributed by atoms with Crippen LogP contribution in [0.5, 0.6) is 5.75 Å². The number of hydrogen-bond donors (Lipinski definition) is 2. The minimum Gasteiger partial charge on any atom is -0.482 e. The molecule has 8 heteroatoms. The highest BCUT2D eigenvalue weighted by Gasteiger charge is 2.20. The predicted octanol–water partition coefficient (Wildman–Crippen LogP) is 4.64. The first kappa shape index (κ1) is 23.8. The zero-order chi connectivity index (χ0) is 23.1. The first-order valence-corrected chi connectivity index (χ1v) is 12.0. The van der Waals surface area contributed by atoms with Crippen LogP contribution in [0.3, 0.4) is 0 Å². The molecule has 3 aromatic carbocycles. The SMILES string of the molecule is C[C@@H](NC(=O)COc1ccc(S(=O)(=O)N[C@H](C)c2ccccc2)cc1Cl)c1ccccc1. The Morgan fingerprint density at radius 3 is 2.03 bits per heavy atom. The molecule has 0 spiro atoms. The molecular formula is C24H25ClN2O4S. The summed E-state index contributed by atoms with van der Waals surface area (Å²) in [6, 6.07) is 22.4. The largest absolute Gasteiger partial charge is 0.482 e. The van der Waals surface area contributed by atoms with Crippen LogP contribution in [0, 0.1) is 0 Å². The van der Waals surface area contributed by atoms with Crippen molar-refractivity contribution in [2.45, 2.75) is 30.8 Å². The van der Waals surface area contributed by atoms with Crippen molar-refractivity contribution in [1.29, 1.82) is 0 Å². The summed E-state index contributed by atoms with van der Waals surface area (Å²) in [7, 11) is -3.79. The van der Waals surface area contributed by atoms with E-state index in [1.54, 1.807) is 6.92 Å². The number of hydrogen-bond acceptors (Lipinski definition) is 4. The zero-order valence-corrected chi connectivity index (χ0v) is 19.4. The molecule has 0 unspecified atom stereocenters. The third kappa shape index (κ3) is 6.32. The van der Waals surface area contributed by atoms with Crippen LogP contribution in [0.25, 0.3) is 0 Å². The summed E-state index contributed by atoms with van der Waals surface area (Å²) >= 11 is 6.23. The molecule has 0 aliphatic heterocycles. The molecule has 0 heterocycles. The van der Waals surface area contributed by atoms with E-state index >= 15 is 0 Å². The summed E-state index contributed by atoms with van der Waals surface area (Å²) in [5.41, 5.74) is 1.82. The van der Waals surface area contributed by atoms with Crippen molar-refractivity contribution >= 4 is 27.5 Å². The third-order valence-corrected chi connectivity index (χ3v) is 6.71. The maximum atomic E-state index is 12.7. The van der Waals surface area contributed by atoms with E-state index in [4.69, 9.17) is 16.3 Å². The quantitative estimate of drug-likeness (QED) is 0.475. The fourth-order valence-electron chi connectivity index (χ4n) is 3.13. The highest BCUT2D eigenvalue weighted by molar-refractivity contribution is 7.89. The molecule has 32 heavy (non-hydrogen) atoms. The lowest BCUT2D eigenvalue weighted by Crippen LogP contribution is -2.31. The van der Waals surface area contributed by atoms with Gasteiger partial charge < -0.3 is 10.1 Å². The van der Waals surface area contributed by atoms with Gasteiger partial charge in [-0.3, -0.25) is 4.79 Å². The molecule has 0 saturated carbocycles. The van der Waals surface area contributed by atoms with Crippen molar-refractivity contribution in [3.8, 4) is 5.75 Å². The first-order chi connectivity index (χ1) is 15.3. The monoisotopic (exact) mass is 472 g/mol. The van der Waals surface area contributed by atoms with Crippen molar-refractivity contribution in [2.75, 3.05) is 6.61 Å². The lowest BCUT2D eigenvalue weighted by Gasteiger charge is -2.16. The van der Waals surface area contributed by atoms with Gasteiger partial charge in [0.25, 0.3) is 5.91 Å². The molecule has 168 valence electrons.